The lowest BCUT2D eigenvalue weighted by molar-refractivity contribution is -0.0548. The van der Waals surface area contributed by atoms with Crippen molar-refractivity contribution in [3.05, 3.63) is 11.6 Å². The van der Waals surface area contributed by atoms with Crippen LogP contribution >= 0.6 is 0 Å². The number of rotatable bonds is 0. The van der Waals surface area contributed by atoms with Crippen LogP contribution in [0.5, 0.6) is 0 Å². The molecule has 0 spiro atoms. The van der Waals surface area contributed by atoms with E-state index in [-0.39, 0.29) is 17.6 Å². The fourth-order valence-electron chi connectivity index (χ4n) is 6.28. The van der Waals surface area contributed by atoms with Gasteiger partial charge in [0.1, 0.15) is 0 Å². The number of aliphatic hydroxyl groups excluding tert-OH is 2. The van der Waals surface area contributed by atoms with Gasteiger partial charge in [-0.1, -0.05) is 18.6 Å². The van der Waals surface area contributed by atoms with E-state index in [9.17, 15) is 10.2 Å². The lowest BCUT2D eigenvalue weighted by atomic mass is 9.52. The van der Waals surface area contributed by atoms with Crippen LogP contribution in [0, 0.1) is 29.1 Å². The molecule has 20 heavy (non-hydrogen) atoms. The molecule has 2 nitrogen and oxygen atoms in total. The van der Waals surface area contributed by atoms with E-state index in [0.29, 0.717) is 0 Å². The van der Waals surface area contributed by atoms with Crippen molar-refractivity contribution in [3.8, 4) is 0 Å². The molecule has 0 aromatic heterocycles. The minimum atomic E-state index is -0.181. The molecule has 0 aromatic carbocycles. The summed E-state index contributed by atoms with van der Waals surface area (Å²) in [6.07, 6.45) is 11.4. The van der Waals surface area contributed by atoms with Crippen molar-refractivity contribution >= 4 is 0 Å². The Balaban J connectivity index is 1.62. The molecular weight excluding hydrogens is 248 g/mol. The number of hydrogen-bond acceptors (Lipinski definition) is 2. The van der Waals surface area contributed by atoms with E-state index in [1.54, 1.807) is 5.57 Å². The summed E-state index contributed by atoms with van der Waals surface area (Å²) in [5.41, 5.74) is 1.77. The fraction of sp³-hybridized carbons (Fsp3) is 0.889. The van der Waals surface area contributed by atoms with Gasteiger partial charge in [-0.15, -0.1) is 0 Å². The molecule has 0 radical (unpaired) electrons. The van der Waals surface area contributed by atoms with Crippen molar-refractivity contribution in [1.82, 2.24) is 0 Å². The molecule has 0 heterocycles. The molecule has 4 rings (SSSR count). The van der Waals surface area contributed by atoms with Crippen LogP contribution in [0.3, 0.4) is 0 Å². The highest BCUT2D eigenvalue weighted by molar-refractivity contribution is 5.20. The molecule has 0 unspecified atom stereocenters. The van der Waals surface area contributed by atoms with Crippen LogP contribution in [0.25, 0.3) is 0 Å². The van der Waals surface area contributed by atoms with Crippen molar-refractivity contribution in [1.29, 1.82) is 0 Å². The normalized spacial score (nSPS) is 54.6. The Morgan fingerprint density at radius 2 is 1.85 bits per heavy atom. The molecule has 2 N–H and O–H groups in total. The summed E-state index contributed by atoms with van der Waals surface area (Å²) >= 11 is 0. The van der Waals surface area contributed by atoms with Crippen LogP contribution < -0.4 is 0 Å². The van der Waals surface area contributed by atoms with Crippen molar-refractivity contribution in [2.45, 2.75) is 70.5 Å². The molecular formula is C18H28O2. The van der Waals surface area contributed by atoms with Crippen molar-refractivity contribution in [2.75, 3.05) is 0 Å². The van der Waals surface area contributed by atoms with Gasteiger partial charge in [-0.05, 0) is 80.5 Å². The van der Waals surface area contributed by atoms with Gasteiger partial charge in [0.05, 0.1) is 12.2 Å². The summed E-state index contributed by atoms with van der Waals surface area (Å²) < 4.78 is 0. The third-order valence-electron chi connectivity index (χ3n) is 7.38. The lowest BCUT2D eigenvalue weighted by Gasteiger charge is -2.53. The van der Waals surface area contributed by atoms with Gasteiger partial charge < -0.3 is 10.2 Å². The first-order valence-electron chi connectivity index (χ1n) is 8.66. The van der Waals surface area contributed by atoms with Gasteiger partial charge in [0, 0.05) is 0 Å². The first kappa shape index (κ1) is 13.3. The van der Waals surface area contributed by atoms with Crippen LogP contribution in [-0.4, -0.2) is 22.4 Å². The van der Waals surface area contributed by atoms with Gasteiger partial charge in [0.25, 0.3) is 0 Å². The maximum atomic E-state index is 10.4. The molecule has 112 valence electrons. The smallest absolute Gasteiger partial charge is 0.0723 e. The van der Waals surface area contributed by atoms with Crippen LogP contribution in [0.1, 0.15) is 58.3 Å². The topological polar surface area (TPSA) is 40.5 Å². The van der Waals surface area contributed by atoms with E-state index in [0.717, 1.165) is 36.5 Å². The second-order valence-corrected chi connectivity index (χ2v) is 8.10. The Bertz CT molecular complexity index is 429. The predicted molar refractivity (Wildman–Crippen MR) is 79.1 cm³/mol. The molecule has 4 aliphatic rings. The highest BCUT2D eigenvalue weighted by Crippen LogP contribution is 2.61. The second kappa shape index (κ2) is 4.58. The molecule has 3 saturated carbocycles. The summed E-state index contributed by atoms with van der Waals surface area (Å²) in [6, 6.07) is 0. The molecule has 0 bridgehead atoms. The average molecular weight is 276 g/mol. The van der Waals surface area contributed by atoms with E-state index in [2.05, 4.69) is 13.0 Å². The maximum absolute atomic E-state index is 10.4. The third-order valence-corrected chi connectivity index (χ3v) is 7.38. The Morgan fingerprint density at radius 1 is 1.00 bits per heavy atom. The van der Waals surface area contributed by atoms with Crippen LogP contribution in [0.15, 0.2) is 11.6 Å². The first-order chi connectivity index (χ1) is 9.59. The van der Waals surface area contributed by atoms with Gasteiger partial charge in [-0.25, -0.2) is 0 Å². The molecule has 2 heteroatoms. The van der Waals surface area contributed by atoms with Crippen molar-refractivity contribution < 1.29 is 10.2 Å². The lowest BCUT2D eigenvalue weighted by Crippen LogP contribution is -2.47. The minimum absolute atomic E-state index is 0.0569. The molecule has 4 aliphatic carbocycles. The standard InChI is InChI=1S/C18H28O2/c1-18-9-8-14-13-5-3-12(19)10-11(13)2-4-15(14)16(18)6-7-17(18)20/h10,12-17,19-20H,2-9H2,1H3/t12-,13+,14+,15-,16+,17-,18-/m0/s1. The Kier molecular flexibility index (Phi) is 3.05. The molecule has 0 aromatic rings. The fourth-order valence-corrected chi connectivity index (χ4v) is 6.28. The number of hydrogen-bond donors (Lipinski definition) is 2. The van der Waals surface area contributed by atoms with Gasteiger partial charge in [0.2, 0.25) is 0 Å². The maximum Gasteiger partial charge on any atom is 0.0723 e. The van der Waals surface area contributed by atoms with Gasteiger partial charge >= 0.3 is 0 Å². The molecule has 0 amide bonds. The zero-order valence-corrected chi connectivity index (χ0v) is 12.6. The third kappa shape index (κ3) is 1.77. The molecule has 7 atom stereocenters. The highest BCUT2D eigenvalue weighted by atomic mass is 16.3. The summed E-state index contributed by atoms with van der Waals surface area (Å²) in [5.74, 6) is 3.18. The number of aliphatic hydroxyl groups is 2. The van der Waals surface area contributed by atoms with Gasteiger partial charge in [-0.2, -0.15) is 0 Å². The highest BCUT2D eigenvalue weighted by Gasteiger charge is 2.55. The summed E-state index contributed by atoms with van der Waals surface area (Å²) in [7, 11) is 0. The largest absolute Gasteiger partial charge is 0.393 e. The van der Waals surface area contributed by atoms with Crippen molar-refractivity contribution in [3.63, 3.8) is 0 Å². The predicted octanol–water partition coefficient (Wildman–Crippen LogP) is 3.28. The van der Waals surface area contributed by atoms with E-state index >= 15 is 0 Å². The number of allylic oxidation sites excluding steroid dienone is 1. The Labute approximate surface area is 122 Å². The van der Waals surface area contributed by atoms with Gasteiger partial charge in [0.15, 0.2) is 0 Å². The minimum Gasteiger partial charge on any atom is -0.393 e. The Morgan fingerprint density at radius 3 is 2.70 bits per heavy atom. The van der Waals surface area contributed by atoms with E-state index in [4.69, 9.17) is 0 Å². The quantitative estimate of drug-likeness (QED) is 0.667. The van der Waals surface area contributed by atoms with Gasteiger partial charge in [-0.3, -0.25) is 0 Å². The summed E-state index contributed by atoms with van der Waals surface area (Å²) in [6.45, 7) is 2.35. The summed E-state index contributed by atoms with van der Waals surface area (Å²) in [5, 5.41) is 20.3. The van der Waals surface area contributed by atoms with Crippen LogP contribution in [-0.2, 0) is 0 Å². The first-order valence-corrected chi connectivity index (χ1v) is 8.66. The second-order valence-electron chi connectivity index (χ2n) is 8.10. The monoisotopic (exact) mass is 276 g/mol. The molecule has 0 aliphatic heterocycles. The zero-order chi connectivity index (χ0) is 13.9. The number of fused-ring (bicyclic) bond motifs is 5. The summed E-state index contributed by atoms with van der Waals surface area (Å²) in [4.78, 5) is 0. The van der Waals surface area contributed by atoms with Crippen LogP contribution in [0.4, 0.5) is 0 Å². The Hall–Kier alpha value is -0.340. The van der Waals surface area contributed by atoms with E-state index in [1.807, 2.05) is 0 Å². The SMILES string of the molecule is C[C@]12CC[C@H]3[C@H](CCC4=C[C@@H](O)CC[C@H]43)[C@H]1CC[C@@H]2O. The molecule has 0 saturated heterocycles. The van der Waals surface area contributed by atoms with E-state index < -0.39 is 0 Å². The van der Waals surface area contributed by atoms with Crippen LogP contribution in [0.2, 0.25) is 0 Å². The zero-order valence-electron chi connectivity index (χ0n) is 12.6. The van der Waals surface area contributed by atoms with Crippen molar-refractivity contribution in [2.24, 2.45) is 29.1 Å². The molecule has 3 fully saturated rings. The average Bonchev–Trinajstić information content (AvgIpc) is 2.74. The van der Waals surface area contributed by atoms with E-state index in [1.165, 1.54) is 38.5 Å².